The number of likely N-dealkylation sites (N-methyl/N-ethyl adjacent to an activating group) is 1. The van der Waals surface area contributed by atoms with E-state index in [1.807, 2.05) is 50.3 Å². The molecule has 2 heterocycles. The van der Waals surface area contributed by atoms with E-state index in [4.69, 9.17) is 0 Å². The van der Waals surface area contributed by atoms with Crippen LogP contribution in [0, 0.1) is 0 Å². The summed E-state index contributed by atoms with van der Waals surface area (Å²) < 4.78 is 24.1. The van der Waals surface area contributed by atoms with Gasteiger partial charge in [0.2, 0.25) is 0 Å². The summed E-state index contributed by atoms with van der Waals surface area (Å²) in [5, 5.41) is 0. The van der Waals surface area contributed by atoms with E-state index in [1.54, 1.807) is 4.90 Å². The quantitative estimate of drug-likeness (QED) is 0.777. The van der Waals surface area contributed by atoms with Crippen molar-refractivity contribution >= 4 is 21.4 Å². The second kappa shape index (κ2) is 5.79. The molecule has 0 spiro atoms. The maximum atomic E-state index is 13.1. The van der Waals surface area contributed by atoms with Crippen molar-refractivity contribution in [2.45, 2.75) is 12.1 Å². The monoisotopic (exact) mass is 337 g/mol. The van der Waals surface area contributed by atoms with Crippen LogP contribution in [0.2, 0.25) is 0 Å². The van der Waals surface area contributed by atoms with Gasteiger partial charge in [0.1, 0.15) is 0 Å². The van der Waals surface area contributed by atoms with E-state index in [2.05, 4.69) is 4.90 Å². The number of carbonyl (C=O) groups is 1. The third-order valence-electron chi connectivity index (χ3n) is 4.83. The second-order valence-electron chi connectivity index (χ2n) is 6.60. The Morgan fingerprint density at radius 1 is 1.13 bits per heavy atom. The fraction of sp³-hybridized carbons (Fsp3) is 0.562. The molecule has 2 aliphatic heterocycles. The SMILES string of the molecule is CN(C)c1ccccc1C(=O)N1CCN(C)[C@@H]2CS(=O)(=O)C[C@@H]21. The minimum absolute atomic E-state index is 0.0673. The highest BCUT2D eigenvalue weighted by atomic mass is 32.2. The molecule has 0 N–H and O–H groups in total. The molecule has 0 aliphatic carbocycles. The lowest BCUT2D eigenvalue weighted by Gasteiger charge is -2.42. The zero-order valence-electron chi connectivity index (χ0n) is 13.8. The molecule has 0 radical (unpaired) electrons. The number of piperazine rings is 1. The highest BCUT2D eigenvalue weighted by molar-refractivity contribution is 7.91. The normalized spacial score (nSPS) is 26.8. The highest BCUT2D eigenvalue weighted by Crippen LogP contribution is 2.29. The smallest absolute Gasteiger partial charge is 0.256 e. The number of hydrogen-bond donors (Lipinski definition) is 0. The van der Waals surface area contributed by atoms with Crippen molar-refractivity contribution < 1.29 is 13.2 Å². The largest absolute Gasteiger partial charge is 0.377 e. The van der Waals surface area contributed by atoms with Gasteiger partial charge in [0, 0.05) is 38.9 Å². The first-order valence-corrected chi connectivity index (χ1v) is 9.60. The summed E-state index contributed by atoms with van der Waals surface area (Å²) in [6.45, 7) is 1.26. The third-order valence-corrected chi connectivity index (χ3v) is 6.53. The highest BCUT2D eigenvalue weighted by Gasteiger charge is 2.47. The minimum atomic E-state index is -3.08. The van der Waals surface area contributed by atoms with E-state index in [0.717, 1.165) is 5.69 Å². The van der Waals surface area contributed by atoms with Crippen LogP contribution in [-0.2, 0) is 9.84 Å². The average molecular weight is 337 g/mol. The number of nitrogens with zero attached hydrogens (tertiary/aromatic N) is 3. The predicted octanol–water partition coefficient (Wildman–Crippen LogP) is 0.306. The number of anilines is 1. The number of amides is 1. The van der Waals surface area contributed by atoms with Gasteiger partial charge in [-0.1, -0.05) is 12.1 Å². The van der Waals surface area contributed by atoms with Gasteiger partial charge < -0.3 is 9.80 Å². The van der Waals surface area contributed by atoms with Gasteiger partial charge in [-0.3, -0.25) is 9.69 Å². The van der Waals surface area contributed by atoms with Gasteiger partial charge in [-0.25, -0.2) is 8.42 Å². The van der Waals surface area contributed by atoms with E-state index in [9.17, 15) is 13.2 Å². The summed E-state index contributed by atoms with van der Waals surface area (Å²) >= 11 is 0. The molecule has 1 amide bonds. The van der Waals surface area contributed by atoms with Crippen LogP contribution in [0.1, 0.15) is 10.4 Å². The molecule has 2 fully saturated rings. The van der Waals surface area contributed by atoms with E-state index in [-0.39, 0.29) is 29.5 Å². The number of rotatable bonds is 2. The van der Waals surface area contributed by atoms with E-state index in [0.29, 0.717) is 18.7 Å². The Balaban J connectivity index is 1.94. The first-order chi connectivity index (χ1) is 10.8. The molecule has 0 bridgehead atoms. The van der Waals surface area contributed by atoms with Crippen molar-refractivity contribution in [3.05, 3.63) is 29.8 Å². The topological polar surface area (TPSA) is 60.9 Å². The first-order valence-electron chi connectivity index (χ1n) is 7.78. The van der Waals surface area contributed by atoms with Crippen molar-refractivity contribution in [3.8, 4) is 0 Å². The number of carbonyl (C=O) groups excluding carboxylic acids is 1. The molecule has 0 unspecified atom stereocenters. The Hall–Kier alpha value is -1.60. The summed E-state index contributed by atoms with van der Waals surface area (Å²) in [5.41, 5.74) is 1.49. The van der Waals surface area contributed by atoms with Crippen LogP contribution in [0.3, 0.4) is 0 Å². The number of benzene rings is 1. The molecule has 7 heteroatoms. The minimum Gasteiger partial charge on any atom is -0.377 e. The van der Waals surface area contributed by atoms with Crippen LogP contribution in [0.4, 0.5) is 5.69 Å². The van der Waals surface area contributed by atoms with Crippen molar-refractivity contribution in [2.75, 3.05) is 50.6 Å². The molecule has 23 heavy (non-hydrogen) atoms. The molecule has 2 atom stereocenters. The zero-order chi connectivity index (χ0) is 16.8. The molecule has 3 rings (SSSR count). The maximum Gasteiger partial charge on any atom is 0.256 e. The standard InChI is InChI=1S/C16H23N3O3S/c1-17(2)13-7-5-4-6-12(13)16(20)19-9-8-18(3)14-10-23(21,22)11-15(14)19/h4-7,14-15H,8-11H2,1-3H3/t14-,15+/m1/s1. The molecule has 2 saturated heterocycles. The summed E-state index contributed by atoms with van der Waals surface area (Å²) in [4.78, 5) is 18.8. The van der Waals surface area contributed by atoms with Gasteiger partial charge in [-0.15, -0.1) is 0 Å². The summed E-state index contributed by atoms with van der Waals surface area (Å²) in [5.74, 6) is 0.139. The third kappa shape index (κ3) is 2.95. The molecular weight excluding hydrogens is 314 g/mol. The van der Waals surface area contributed by atoms with Crippen LogP contribution >= 0.6 is 0 Å². The Labute approximate surface area is 137 Å². The van der Waals surface area contributed by atoms with E-state index < -0.39 is 9.84 Å². The van der Waals surface area contributed by atoms with Gasteiger partial charge in [0.15, 0.2) is 9.84 Å². The lowest BCUT2D eigenvalue weighted by atomic mass is 10.0. The van der Waals surface area contributed by atoms with Crippen LogP contribution in [0.25, 0.3) is 0 Å². The second-order valence-corrected chi connectivity index (χ2v) is 8.76. The summed E-state index contributed by atoms with van der Waals surface area (Å²) in [6.07, 6.45) is 0. The van der Waals surface area contributed by atoms with Crippen molar-refractivity contribution in [1.82, 2.24) is 9.80 Å². The Kier molecular flexibility index (Phi) is 4.10. The number of sulfone groups is 1. The fourth-order valence-corrected chi connectivity index (χ4v) is 5.63. The summed E-state index contributed by atoms with van der Waals surface area (Å²) in [7, 11) is 2.66. The Morgan fingerprint density at radius 2 is 1.78 bits per heavy atom. The van der Waals surface area contributed by atoms with Gasteiger partial charge in [-0.05, 0) is 19.2 Å². The number of para-hydroxylation sites is 1. The lowest BCUT2D eigenvalue weighted by molar-refractivity contribution is 0.0410. The number of hydrogen-bond acceptors (Lipinski definition) is 5. The van der Waals surface area contributed by atoms with Crippen LogP contribution in [-0.4, -0.2) is 81.9 Å². The molecule has 2 aliphatic rings. The molecule has 0 aromatic heterocycles. The fourth-order valence-electron chi connectivity index (χ4n) is 3.58. The van der Waals surface area contributed by atoms with Gasteiger partial charge in [0.25, 0.3) is 5.91 Å². The van der Waals surface area contributed by atoms with Crippen LogP contribution in [0.5, 0.6) is 0 Å². The molecule has 1 aromatic rings. The van der Waals surface area contributed by atoms with Crippen LogP contribution < -0.4 is 4.90 Å². The van der Waals surface area contributed by atoms with Gasteiger partial charge in [0.05, 0.1) is 23.1 Å². The number of fused-ring (bicyclic) bond motifs is 1. The van der Waals surface area contributed by atoms with Crippen molar-refractivity contribution in [1.29, 1.82) is 0 Å². The molecule has 126 valence electrons. The van der Waals surface area contributed by atoms with Crippen molar-refractivity contribution in [2.24, 2.45) is 0 Å². The van der Waals surface area contributed by atoms with Crippen molar-refractivity contribution in [3.63, 3.8) is 0 Å². The lowest BCUT2D eigenvalue weighted by Crippen LogP contribution is -2.59. The maximum absolute atomic E-state index is 13.1. The molecule has 1 aromatic carbocycles. The average Bonchev–Trinajstić information content (AvgIpc) is 2.83. The van der Waals surface area contributed by atoms with Gasteiger partial charge in [-0.2, -0.15) is 0 Å². The Bertz CT molecular complexity index is 717. The van der Waals surface area contributed by atoms with E-state index in [1.165, 1.54) is 0 Å². The zero-order valence-corrected chi connectivity index (χ0v) is 14.6. The van der Waals surface area contributed by atoms with Gasteiger partial charge >= 0.3 is 0 Å². The predicted molar refractivity (Wildman–Crippen MR) is 90.7 cm³/mol. The molecule has 0 saturated carbocycles. The molecular formula is C16H23N3O3S. The first kappa shape index (κ1) is 16.3. The summed E-state index contributed by atoms with van der Waals surface area (Å²) in [6, 6.07) is 7.13. The Morgan fingerprint density at radius 3 is 2.48 bits per heavy atom. The molecule has 6 nitrogen and oxygen atoms in total. The van der Waals surface area contributed by atoms with E-state index >= 15 is 0 Å². The van der Waals surface area contributed by atoms with Crippen LogP contribution in [0.15, 0.2) is 24.3 Å².